The number of benzene rings is 2. The maximum absolute atomic E-state index is 13.7. The number of morpholine rings is 1. The monoisotopic (exact) mass is 470 g/mol. The first kappa shape index (κ1) is 24.1. The zero-order chi connectivity index (χ0) is 23.6. The van der Waals surface area contributed by atoms with Gasteiger partial charge in [0.25, 0.3) is 0 Å². The summed E-state index contributed by atoms with van der Waals surface area (Å²) in [7, 11) is 1.66. The summed E-state index contributed by atoms with van der Waals surface area (Å²) in [6, 6.07) is 9.98. The van der Waals surface area contributed by atoms with Gasteiger partial charge in [-0.25, -0.2) is 14.4 Å². The first-order chi connectivity index (χ1) is 16.7. The van der Waals surface area contributed by atoms with E-state index in [0.717, 1.165) is 45.7 Å². The van der Waals surface area contributed by atoms with Crippen molar-refractivity contribution in [3.63, 3.8) is 0 Å². The van der Waals surface area contributed by atoms with Gasteiger partial charge >= 0.3 is 0 Å². The second kappa shape index (κ2) is 12.5. The van der Waals surface area contributed by atoms with Crippen molar-refractivity contribution in [1.29, 1.82) is 0 Å². The maximum atomic E-state index is 13.7. The highest BCUT2D eigenvalue weighted by atomic mass is 19.1. The Hall–Kier alpha value is -3.01. The van der Waals surface area contributed by atoms with Gasteiger partial charge in [-0.15, -0.1) is 0 Å². The van der Waals surface area contributed by atoms with Crippen molar-refractivity contribution in [3.8, 4) is 11.5 Å². The molecule has 1 N–H and O–H groups in total. The molecule has 1 saturated heterocycles. The topological polar surface area (TPSA) is 78.0 Å². The third kappa shape index (κ3) is 6.75. The van der Waals surface area contributed by atoms with Crippen LogP contribution in [0.3, 0.4) is 0 Å². The van der Waals surface area contributed by atoms with Crippen molar-refractivity contribution >= 4 is 22.4 Å². The number of nitrogens with one attached hydrogen (secondary N) is 1. The first-order valence-electron chi connectivity index (χ1n) is 11.6. The second-order valence-corrected chi connectivity index (χ2v) is 8.02. The van der Waals surface area contributed by atoms with Gasteiger partial charge in [0, 0.05) is 57.6 Å². The molecule has 182 valence electrons. The molecule has 34 heavy (non-hydrogen) atoms. The van der Waals surface area contributed by atoms with E-state index >= 15 is 0 Å². The predicted octanol–water partition coefficient (Wildman–Crippen LogP) is 4.03. The van der Waals surface area contributed by atoms with Crippen LogP contribution in [0.25, 0.3) is 10.9 Å². The molecule has 1 aromatic heterocycles. The molecular weight excluding hydrogens is 439 g/mol. The van der Waals surface area contributed by atoms with Crippen LogP contribution >= 0.6 is 0 Å². The molecule has 8 nitrogen and oxygen atoms in total. The number of rotatable bonds is 12. The summed E-state index contributed by atoms with van der Waals surface area (Å²) >= 11 is 0. The van der Waals surface area contributed by atoms with Crippen LogP contribution in [0.5, 0.6) is 11.5 Å². The lowest BCUT2D eigenvalue weighted by molar-refractivity contribution is 0.0358. The molecule has 0 aliphatic carbocycles. The number of aromatic nitrogens is 2. The average Bonchev–Trinajstić information content (AvgIpc) is 2.85. The second-order valence-electron chi connectivity index (χ2n) is 8.02. The molecule has 4 rings (SSSR count). The van der Waals surface area contributed by atoms with Crippen LogP contribution in [-0.4, -0.2) is 74.6 Å². The lowest BCUT2D eigenvalue weighted by Gasteiger charge is -2.26. The Labute approximate surface area is 199 Å². The summed E-state index contributed by atoms with van der Waals surface area (Å²) in [6.07, 6.45) is 3.13. The van der Waals surface area contributed by atoms with Crippen molar-refractivity contribution in [3.05, 3.63) is 48.5 Å². The molecule has 9 heteroatoms. The van der Waals surface area contributed by atoms with Gasteiger partial charge in [-0.3, -0.25) is 4.90 Å². The molecule has 0 radical (unpaired) electrons. The Morgan fingerprint density at radius 1 is 1.03 bits per heavy atom. The molecular formula is C25H31FN4O4. The summed E-state index contributed by atoms with van der Waals surface area (Å²) in [5.74, 6) is 1.51. The normalized spacial score (nSPS) is 14.3. The molecule has 0 amide bonds. The van der Waals surface area contributed by atoms with E-state index in [2.05, 4.69) is 20.2 Å². The predicted molar refractivity (Wildman–Crippen MR) is 129 cm³/mol. The van der Waals surface area contributed by atoms with Crippen LogP contribution in [0.1, 0.15) is 12.8 Å². The zero-order valence-electron chi connectivity index (χ0n) is 19.5. The lowest BCUT2D eigenvalue weighted by atomic mass is 10.2. The van der Waals surface area contributed by atoms with Gasteiger partial charge in [-0.2, -0.15) is 0 Å². The molecule has 3 aromatic rings. The van der Waals surface area contributed by atoms with Crippen LogP contribution in [-0.2, 0) is 9.47 Å². The largest absolute Gasteiger partial charge is 0.493 e. The van der Waals surface area contributed by atoms with Crippen LogP contribution in [0.2, 0.25) is 0 Å². The van der Waals surface area contributed by atoms with Gasteiger partial charge in [0.15, 0.2) is 0 Å². The van der Waals surface area contributed by atoms with Gasteiger partial charge in [-0.05, 0) is 24.6 Å². The molecule has 0 spiro atoms. The quantitative estimate of drug-likeness (QED) is 0.398. The van der Waals surface area contributed by atoms with Crippen molar-refractivity contribution in [2.24, 2.45) is 0 Å². The number of hydrogen-bond donors (Lipinski definition) is 1. The van der Waals surface area contributed by atoms with E-state index in [0.29, 0.717) is 53.7 Å². The molecule has 1 aliphatic heterocycles. The number of hydrogen-bond acceptors (Lipinski definition) is 8. The van der Waals surface area contributed by atoms with Crippen LogP contribution in [0.4, 0.5) is 15.9 Å². The van der Waals surface area contributed by atoms with Crippen LogP contribution < -0.4 is 14.8 Å². The number of halogens is 1. The third-order valence-corrected chi connectivity index (χ3v) is 5.50. The Balaban J connectivity index is 1.51. The van der Waals surface area contributed by atoms with Gasteiger partial charge in [0.05, 0.1) is 37.3 Å². The Bertz CT molecular complexity index is 1060. The fraction of sp³-hybridized carbons (Fsp3) is 0.440. The minimum Gasteiger partial charge on any atom is -0.493 e. The fourth-order valence-corrected chi connectivity index (χ4v) is 3.81. The van der Waals surface area contributed by atoms with E-state index in [9.17, 15) is 4.39 Å². The molecule has 0 saturated carbocycles. The third-order valence-electron chi connectivity index (χ3n) is 5.50. The highest BCUT2D eigenvalue weighted by Crippen LogP contribution is 2.35. The van der Waals surface area contributed by atoms with Gasteiger partial charge < -0.3 is 24.3 Å². The molecule has 0 atom stereocenters. The Morgan fingerprint density at radius 2 is 1.88 bits per heavy atom. The first-order valence-corrected chi connectivity index (χ1v) is 11.6. The van der Waals surface area contributed by atoms with Gasteiger partial charge in [0.2, 0.25) is 0 Å². The number of anilines is 2. The van der Waals surface area contributed by atoms with E-state index in [1.165, 1.54) is 18.5 Å². The standard InChI is InChI=1S/C25H31FN4O4/c1-31-10-4-12-34-23-17-21(33-11-3-7-30-8-13-32-14-9-30)16-22-24(23)25(28-18-27-22)29-20-6-2-5-19(26)15-20/h2,5-6,15-18H,3-4,7-14H2,1H3,(H,27,28,29). The Morgan fingerprint density at radius 3 is 2.71 bits per heavy atom. The van der Waals surface area contributed by atoms with Gasteiger partial charge in [-0.1, -0.05) is 6.07 Å². The van der Waals surface area contributed by atoms with Gasteiger partial charge in [0.1, 0.15) is 29.5 Å². The molecule has 1 aliphatic rings. The van der Waals surface area contributed by atoms with E-state index in [1.54, 1.807) is 19.2 Å². The lowest BCUT2D eigenvalue weighted by Crippen LogP contribution is -2.37. The van der Waals surface area contributed by atoms with Crippen molar-refractivity contribution < 1.29 is 23.3 Å². The molecule has 0 bridgehead atoms. The molecule has 2 aromatic carbocycles. The summed E-state index contributed by atoms with van der Waals surface area (Å²) in [4.78, 5) is 11.2. The molecule has 2 heterocycles. The molecule has 1 fully saturated rings. The fourth-order valence-electron chi connectivity index (χ4n) is 3.81. The van der Waals surface area contributed by atoms with E-state index < -0.39 is 0 Å². The summed E-state index contributed by atoms with van der Waals surface area (Å²) in [5, 5.41) is 3.90. The summed E-state index contributed by atoms with van der Waals surface area (Å²) in [6.45, 7) is 6.15. The minimum atomic E-state index is -0.327. The number of methoxy groups -OCH3 is 1. The minimum absolute atomic E-state index is 0.327. The molecule has 0 unspecified atom stereocenters. The number of fused-ring (bicyclic) bond motifs is 1. The highest BCUT2D eigenvalue weighted by Gasteiger charge is 2.15. The highest BCUT2D eigenvalue weighted by molar-refractivity contribution is 5.96. The smallest absolute Gasteiger partial charge is 0.145 e. The van der Waals surface area contributed by atoms with Crippen molar-refractivity contribution in [1.82, 2.24) is 14.9 Å². The summed E-state index contributed by atoms with van der Waals surface area (Å²) in [5.41, 5.74) is 1.27. The van der Waals surface area contributed by atoms with E-state index in [4.69, 9.17) is 18.9 Å². The number of nitrogens with zero attached hydrogens (tertiary/aromatic N) is 3. The van der Waals surface area contributed by atoms with Crippen molar-refractivity contribution in [2.45, 2.75) is 12.8 Å². The number of ether oxygens (including phenoxy) is 4. The SMILES string of the molecule is COCCCOc1cc(OCCCN2CCOCC2)cc2ncnc(Nc3cccc(F)c3)c12. The maximum Gasteiger partial charge on any atom is 0.145 e. The summed E-state index contributed by atoms with van der Waals surface area (Å²) < 4.78 is 36.4. The Kier molecular flexibility index (Phi) is 8.84. The van der Waals surface area contributed by atoms with E-state index in [-0.39, 0.29) is 5.82 Å². The van der Waals surface area contributed by atoms with Crippen LogP contribution in [0.15, 0.2) is 42.7 Å². The van der Waals surface area contributed by atoms with Crippen molar-refractivity contribution in [2.75, 3.05) is 65.1 Å². The van der Waals surface area contributed by atoms with Crippen LogP contribution in [0, 0.1) is 5.82 Å². The average molecular weight is 471 g/mol. The van der Waals surface area contributed by atoms with E-state index in [1.807, 2.05) is 12.1 Å². The zero-order valence-corrected chi connectivity index (χ0v) is 19.5.